The summed E-state index contributed by atoms with van der Waals surface area (Å²) >= 11 is 0. The smallest absolute Gasteiger partial charge is 0.412 e. The van der Waals surface area contributed by atoms with Crippen LogP contribution in [0.4, 0.5) is 14.9 Å². The highest BCUT2D eigenvalue weighted by molar-refractivity contribution is 5.86. The SMILES string of the molecule is O=C(O)N(Cc1ccccc1)c1ccccc1F. The first-order chi connectivity index (χ1) is 8.68. The molecule has 0 aliphatic carbocycles. The lowest BCUT2D eigenvalue weighted by atomic mass is 10.2. The highest BCUT2D eigenvalue weighted by atomic mass is 19.1. The number of carboxylic acid groups (broad SMARTS) is 1. The maximum Gasteiger partial charge on any atom is 0.412 e. The average Bonchev–Trinajstić information content (AvgIpc) is 2.38. The Balaban J connectivity index is 2.30. The molecule has 0 bridgehead atoms. The normalized spacial score (nSPS) is 10.1. The molecule has 2 aromatic carbocycles. The highest BCUT2D eigenvalue weighted by Crippen LogP contribution is 2.21. The Hall–Kier alpha value is -2.36. The Kier molecular flexibility index (Phi) is 3.57. The van der Waals surface area contributed by atoms with Crippen molar-refractivity contribution < 1.29 is 14.3 Å². The van der Waals surface area contributed by atoms with Gasteiger partial charge in [0.2, 0.25) is 0 Å². The molecule has 0 fully saturated rings. The molecule has 3 nitrogen and oxygen atoms in total. The van der Waals surface area contributed by atoms with Gasteiger partial charge < -0.3 is 5.11 Å². The second kappa shape index (κ2) is 5.31. The standard InChI is InChI=1S/C14H12FNO2/c15-12-8-4-5-9-13(12)16(14(17)18)10-11-6-2-1-3-7-11/h1-9H,10H2,(H,17,18). The molecule has 0 aliphatic heterocycles. The van der Waals surface area contributed by atoms with Gasteiger partial charge in [0, 0.05) is 0 Å². The first-order valence-electron chi connectivity index (χ1n) is 5.47. The molecule has 0 aliphatic rings. The highest BCUT2D eigenvalue weighted by Gasteiger charge is 2.17. The Morgan fingerprint density at radius 1 is 1.06 bits per heavy atom. The van der Waals surface area contributed by atoms with Crippen LogP contribution in [-0.2, 0) is 6.54 Å². The van der Waals surface area contributed by atoms with E-state index in [0.717, 1.165) is 10.5 Å². The van der Waals surface area contributed by atoms with Crippen LogP contribution >= 0.6 is 0 Å². The topological polar surface area (TPSA) is 40.5 Å². The van der Waals surface area contributed by atoms with Crippen molar-refractivity contribution in [1.82, 2.24) is 0 Å². The molecule has 4 heteroatoms. The fraction of sp³-hybridized carbons (Fsp3) is 0.0714. The molecule has 0 saturated heterocycles. The van der Waals surface area contributed by atoms with E-state index < -0.39 is 11.9 Å². The number of para-hydroxylation sites is 1. The number of rotatable bonds is 3. The molecule has 2 rings (SSSR count). The molecule has 1 amide bonds. The second-order valence-corrected chi connectivity index (χ2v) is 3.81. The van der Waals surface area contributed by atoms with E-state index in [1.54, 1.807) is 18.2 Å². The van der Waals surface area contributed by atoms with Gasteiger partial charge in [0.05, 0.1) is 12.2 Å². The van der Waals surface area contributed by atoms with Crippen LogP contribution in [0.2, 0.25) is 0 Å². The van der Waals surface area contributed by atoms with Crippen molar-refractivity contribution >= 4 is 11.8 Å². The van der Waals surface area contributed by atoms with E-state index in [1.807, 2.05) is 18.2 Å². The predicted molar refractivity (Wildman–Crippen MR) is 67.0 cm³/mol. The van der Waals surface area contributed by atoms with Crippen LogP contribution in [0.15, 0.2) is 54.6 Å². The summed E-state index contributed by atoms with van der Waals surface area (Å²) in [6.45, 7) is 0.122. The number of halogens is 1. The molecular formula is C14H12FNO2. The van der Waals surface area contributed by atoms with Crippen molar-refractivity contribution in [1.29, 1.82) is 0 Å². The van der Waals surface area contributed by atoms with Gasteiger partial charge in [-0.25, -0.2) is 9.18 Å². The van der Waals surface area contributed by atoms with Gasteiger partial charge in [-0.3, -0.25) is 4.90 Å². The predicted octanol–water partition coefficient (Wildman–Crippen LogP) is 3.51. The van der Waals surface area contributed by atoms with Crippen LogP contribution in [0.1, 0.15) is 5.56 Å². The van der Waals surface area contributed by atoms with Crippen molar-refractivity contribution in [2.45, 2.75) is 6.54 Å². The first kappa shape index (κ1) is 12.1. The van der Waals surface area contributed by atoms with E-state index in [1.165, 1.54) is 18.2 Å². The summed E-state index contributed by atoms with van der Waals surface area (Å²) in [5.74, 6) is -0.546. The summed E-state index contributed by atoms with van der Waals surface area (Å²) in [5, 5.41) is 9.17. The zero-order chi connectivity index (χ0) is 13.0. The van der Waals surface area contributed by atoms with Gasteiger partial charge in [0.15, 0.2) is 0 Å². The van der Waals surface area contributed by atoms with Crippen molar-refractivity contribution in [3.05, 3.63) is 66.0 Å². The Morgan fingerprint density at radius 2 is 1.67 bits per heavy atom. The average molecular weight is 245 g/mol. The van der Waals surface area contributed by atoms with E-state index in [4.69, 9.17) is 0 Å². The lowest BCUT2D eigenvalue weighted by Gasteiger charge is -2.19. The quantitative estimate of drug-likeness (QED) is 0.898. The minimum Gasteiger partial charge on any atom is -0.465 e. The summed E-state index contributed by atoms with van der Waals surface area (Å²) in [6.07, 6.45) is -1.18. The van der Waals surface area contributed by atoms with Crippen molar-refractivity contribution in [2.24, 2.45) is 0 Å². The number of hydrogen-bond acceptors (Lipinski definition) is 1. The minimum atomic E-state index is -1.18. The van der Waals surface area contributed by atoms with E-state index in [0.29, 0.717) is 0 Å². The molecular weight excluding hydrogens is 233 g/mol. The molecule has 0 heterocycles. The zero-order valence-corrected chi connectivity index (χ0v) is 9.58. The number of nitrogens with zero attached hydrogens (tertiary/aromatic N) is 1. The van der Waals surface area contributed by atoms with Gasteiger partial charge in [-0.1, -0.05) is 42.5 Å². The fourth-order valence-electron chi connectivity index (χ4n) is 1.69. The molecule has 2 aromatic rings. The number of benzene rings is 2. The fourth-order valence-corrected chi connectivity index (χ4v) is 1.69. The van der Waals surface area contributed by atoms with Crippen LogP contribution in [0.3, 0.4) is 0 Å². The molecule has 0 aromatic heterocycles. The molecule has 1 N–H and O–H groups in total. The Bertz CT molecular complexity index is 543. The summed E-state index contributed by atoms with van der Waals surface area (Å²) in [6, 6.07) is 14.9. The molecule has 0 unspecified atom stereocenters. The van der Waals surface area contributed by atoms with Gasteiger partial charge in [0.1, 0.15) is 5.82 Å². The van der Waals surface area contributed by atoms with E-state index in [9.17, 15) is 14.3 Å². The first-order valence-corrected chi connectivity index (χ1v) is 5.47. The van der Waals surface area contributed by atoms with Crippen LogP contribution in [-0.4, -0.2) is 11.2 Å². The van der Waals surface area contributed by atoms with Gasteiger partial charge in [0.25, 0.3) is 0 Å². The Morgan fingerprint density at radius 3 is 2.28 bits per heavy atom. The lowest BCUT2D eigenvalue weighted by molar-refractivity contribution is 0.201. The molecule has 18 heavy (non-hydrogen) atoms. The van der Waals surface area contributed by atoms with Gasteiger partial charge in [-0.05, 0) is 17.7 Å². The lowest BCUT2D eigenvalue weighted by Crippen LogP contribution is -2.29. The maximum atomic E-state index is 13.6. The third-order valence-electron chi connectivity index (χ3n) is 2.56. The number of amides is 1. The monoisotopic (exact) mass is 245 g/mol. The molecule has 0 radical (unpaired) electrons. The van der Waals surface area contributed by atoms with Crippen LogP contribution in [0.25, 0.3) is 0 Å². The summed E-state index contributed by atoms with van der Waals surface area (Å²) in [5.41, 5.74) is 0.872. The number of anilines is 1. The van der Waals surface area contributed by atoms with E-state index in [-0.39, 0.29) is 12.2 Å². The van der Waals surface area contributed by atoms with Crippen LogP contribution in [0.5, 0.6) is 0 Å². The van der Waals surface area contributed by atoms with Gasteiger partial charge in [-0.2, -0.15) is 0 Å². The van der Waals surface area contributed by atoms with Crippen molar-refractivity contribution in [3.63, 3.8) is 0 Å². The molecule has 92 valence electrons. The molecule has 0 atom stereocenters. The summed E-state index contributed by atoms with van der Waals surface area (Å²) < 4.78 is 13.6. The summed E-state index contributed by atoms with van der Waals surface area (Å²) in [7, 11) is 0. The van der Waals surface area contributed by atoms with Gasteiger partial charge >= 0.3 is 6.09 Å². The van der Waals surface area contributed by atoms with Crippen molar-refractivity contribution in [3.8, 4) is 0 Å². The molecule has 0 spiro atoms. The molecule has 0 saturated carbocycles. The van der Waals surface area contributed by atoms with Gasteiger partial charge in [-0.15, -0.1) is 0 Å². The third kappa shape index (κ3) is 2.66. The van der Waals surface area contributed by atoms with E-state index >= 15 is 0 Å². The van der Waals surface area contributed by atoms with Crippen molar-refractivity contribution in [2.75, 3.05) is 4.90 Å². The zero-order valence-electron chi connectivity index (χ0n) is 9.58. The second-order valence-electron chi connectivity index (χ2n) is 3.81. The third-order valence-corrected chi connectivity index (χ3v) is 2.56. The van der Waals surface area contributed by atoms with E-state index in [2.05, 4.69) is 0 Å². The number of carbonyl (C=O) groups is 1. The van der Waals surface area contributed by atoms with Crippen LogP contribution < -0.4 is 4.90 Å². The maximum absolute atomic E-state index is 13.6. The number of hydrogen-bond donors (Lipinski definition) is 1. The van der Waals surface area contributed by atoms with Crippen LogP contribution in [0, 0.1) is 5.82 Å². The summed E-state index contributed by atoms with van der Waals surface area (Å²) in [4.78, 5) is 12.2. The largest absolute Gasteiger partial charge is 0.465 e. The minimum absolute atomic E-state index is 0.0638. The Labute approximate surface area is 104 Å².